The van der Waals surface area contributed by atoms with Gasteiger partial charge in [-0.15, -0.1) is 0 Å². The minimum atomic E-state index is 0.200. The molecule has 132 valence electrons. The van der Waals surface area contributed by atoms with E-state index in [4.69, 9.17) is 17.3 Å². The first-order valence-corrected chi connectivity index (χ1v) is 9.04. The highest BCUT2D eigenvalue weighted by Gasteiger charge is 2.22. The molecule has 25 heavy (non-hydrogen) atoms. The zero-order chi connectivity index (χ0) is 17.8. The van der Waals surface area contributed by atoms with Crippen molar-refractivity contribution in [1.29, 1.82) is 0 Å². The van der Waals surface area contributed by atoms with Gasteiger partial charge in [0.1, 0.15) is 0 Å². The van der Waals surface area contributed by atoms with Crippen molar-refractivity contribution in [3.63, 3.8) is 0 Å². The molecule has 1 aliphatic heterocycles. The number of nitrogens with zero attached hydrogens (tertiary/aromatic N) is 2. The number of hydrogen-bond donors (Lipinski definition) is 1. The summed E-state index contributed by atoms with van der Waals surface area (Å²) in [5, 5.41) is 0.750. The van der Waals surface area contributed by atoms with E-state index in [0.29, 0.717) is 12.8 Å². The molecule has 5 heteroatoms. The number of halogens is 1. The molecule has 1 saturated heterocycles. The van der Waals surface area contributed by atoms with E-state index in [9.17, 15) is 4.79 Å². The van der Waals surface area contributed by atoms with E-state index in [-0.39, 0.29) is 5.91 Å². The highest BCUT2D eigenvalue weighted by Crippen LogP contribution is 2.25. The Kier molecular flexibility index (Phi) is 5.49. The molecule has 2 aromatic carbocycles. The second-order valence-electron chi connectivity index (χ2n) is 6.50. The number of piperazine rings is 1. The van der Waals surface area contributed by atoms with E-state index in [1.165, 1.54) is 5.56 Å². The molecule has 1 heterocycles. The summed E-state index contributed by atoms with van der Waals surface area (Å²) in [7, 11) is 0. The van der Waals surface area contributed by atoms with Crippen LogP contribution in [0.2, 0.25) is 5.02 Å². The largest absolute Gasteiger partial charge is 0.399 e. The maximum Gasteiger partial charge on any atom is 0.223 e. The Labute approximate surface area is 154 Å². The van der Waals surface area contributed by atoms with Crippen molar-refractivity contribution < 1.29 is 4.79 Å². The minimum absolute atomic E-state index is 0.200. The van der Waals surface area contributed by atoms with E-state index >= 15 is 0 Å². The lowest BCUT2D eigenvalue weighted by Gasteiger charge is -2.37. The maximum absolute atomic E-state index is 12.5. The molecule has 0 aliphatic carbocycles. The Morgan fingerprint density at radius 2 is 1.84 bits per heavy atom. The zero-order valence-corrected chi connectivity index (χ0v) is 15.3. The van der Waals surface area contributed by atoms with Crippen LogP contribution in [-0.2, 0) is 11.2 Å². The average Bonchev–Trinajstić information content (AvgIpc) is 2.63. The van der Waals surface area contributed by atoms with E-state index in [0.717, 1.165) is 48.1 Å². The van der Waals surface area contributed by atoms with Gasteiger partial charge in [0.05, 0.1) is 0 Å². The molecule has 0 aromatic heterocycles. The summed E-state index contributed by atoms with van der Waals surface area (Å²) in [4.78, 5) is 16.8. The third-order valence-electron chi connectivity index (χ3n) is 4.81. The zero-order valence-electron chi connectivity index (χ0n) is 14.5. The fourth-order valence-electron chi connectivity index (χ4n) is 3.28. The fraction of sp³-hybridized carbons (Fsp3) is 0.350. The van der Waals surface area contributed by atoms with Gasteiger partial charge in [0.15, 0.2) is 0 Å². The Morgan fingerprint density at radius 3 is 2.56 bits per heavy atom. The molecule has 0 saturated carbocycles. The number of nitrogen functional groups attached to an aromatic ring is 1. The van der Waals surface area contributed by atoms with Gasteiger partial charge in [0, 0.05) is 49.0 Å². The molecule has 0 atom stereocenters. The molecule has 1 fully saturated rings. The molecule has 2 N–H and O–H groups in total. The summed E-state index contributed by atoms with van der Waals surface area (Å²) in [6.45, 7) is 5.25. The van der Waals surface area contributed by atoms with Crippen molar-refractivity contribution in [2.45, 2.75) is 19.8 Å². The maximum atomic E-state index is 12.5. The van der Waals surface area contributed by atoms with E-state index < -0.39 is 0 Å². The second kappa shape index (κ2) is 7.79. The standard InChI is InChI=1S/C20H24ClN3O/c1-15-6-8-17(21)14-19(15)23-10-12-24(13-11-23)20(25)9-7-16-4-2-3-5-18(16)22/h2-6,8,14H,7,9-13,22H2,1H3. The van der Waals surface area contributed by atoms with Gasteiger partial charge in [-0.2, -0.15) is 0 Å². The topological polar surface area (TPSA) is 49.6 Å². The predicted octanol–water partition coefficient (Wildman–Crippen LogP) is 3.51. The van der Waals surface area contributed by atoms with Gasteiger partial charge in [0.25, 0.3) is 0 Å². The Hall–Kier alpha value is -2.20. The summed E-state index contributed by atoms with van der Waals surface area (Å²) < 4.78 is 0. The molecule has 4 nitrogen and oxygen atoms in total. The molecule has 1 amide bonds. The number of carbonyl (C=O) groups is 1. The normalized spacial score (nSPS) is 14.6. The number of aryl methyl sites for hydroxylation is 2. The minimum Gasteiger partial charge on any atom is -0.399 e. The summed E-state index contributed by atoms with van der Waals surface area (Å²) in [5.74, 6) is 0.200. The van der Waals surface area contributed by atoms with Gasteiger partial charge in [-0.1, -0.05) is 35.9 Å². The number of carbonyl (C=O) groups excluding carboxylic acids is 1. The lowest BCUT2D eigenvalue weighted by Crippen LogP contribution is -2.49. The number of nitrogens with two attached hydrogens (primary N) is 1. The van der Waals surface area contributed by atoms with Crippen molar-refractivity contribution in [3.8, 4) is 0 Å². The number of hydrogen-bond acceptors (Lipinski definition) is 3. The van der Waals surface area contributed by atoms with Gasteiger partial charge >= 0.3 is 0 Å². The van der Waals surface area contributed by atoms with E-state index in [2.05, 4.69) is 11.8 Å². The van der Waals surface area contributed by atoms with Crippen molar-refractivity contribution in [2.24, 2.45) is 0 Å². The summed E-state index contributed by atoms with van der Waals surface area (Å²) >= 11 is 6.13. The first-order valence-electron chi connectivity index (χ1n) is 8.67. The number of benzene rings is 2. The van der Waals surface area contributed by atoms with Gasteiger partial charge in [-0.05, 0) is 42.7 Å². The lowest BCUT2D eigenvalue weighted by atomic mass is 10.1. The molecule has 2 aromatic rings. The molecule has 0 radical (unpaired) electrons. The number of rotatable bonds is 4. The Morgan fingerprint density at radius 1 is 1.12 bits per heavy atom. The van der Waals surface area contributed by atoms with Crippen molar-refractivity contribution in [1.82, 2.24) is 4.90 Å². The monoisotopic (exact) mass is 357 g/mol. The quantitative estimate of drug-likeness (QED) is 0.852. The first-order chi connectivity index (χ1) is 12.0. The van der Waals surface area contributed by atoms with Crippen LogP contribution < -0.4 is 10.6 Å². The number of anilines is 2. The van der Waals surface area contributed by atoms with Crippen molar-refractivity contribution in [2.75, 3.05) is 36.8 Å². The fourth-order valence-corrected chi connectivity index (χ4v) is 3.45. The Balaban J connectivity index is 1.54. The molecular weight excluding hydrogens is 334 g/mol. The van der Waals surface area contributed by atoms with Gasteiger partial charge in [0.2, 0.25) is 5.91 Å². The van der Waals surface area contributed by atoms with Gasteiger partial charge < -0.3 is 15.5 Å². The number of amides is 1. The van der Waals surface area contributed by atoms with Gasteiger partial charge in [-0.3, -0.25) is 4.79 Å². The molecule has 0 spiro atoms. The highest BCUT2D eigenvalue weighted by molar-refractivity contribution is 6.30. The van der Waals surface area contributed by atoms with Crippen LogP contribution in [0.25, 0.3) is 0 Å². The van der Waals surface area contributed by atoms with Crippen molar-refractivity contribution >= 4 is 28.9 Å². The molecule has 0 bridgehead atoms. The van der Waals surface area contributed by atoms with Crippen LogP contribution in [0.1, 0.15) is 17.5 Å². The summed E-state index contributed by atoms with van der Waals surface area (Å²) in [6, 6.07) is 13.7. The van der Waals surface area contributed by atoms with Crippen LogP contribution in [0.5, 0.6) is 0 Å². The van der Waals surface area contributed by atoms with Crippen LogP contribution in [0, 0.1) is 6.92 Å². The molecule has 1 aliphatic rings. The van der Waals surface area contributed by atoms with Crippen molar-refractivity contribution in [3.05, 3.63) is 58.6 Å². The summed E-state index contributed by atoms with van der Waals surface area (Å²) in [5.41, 5.74) is 10.1. The average molecular weight is 358 g/mol. The second-order valence-corrected chi connectivity index (χ2v) is 6.93. The predicted molar refractivity (Wildman–Crippen MR) is 104 cm³/mol. The molecule has 0 unspecified atom stereocenters. The first kappa shape index (κ1) is 17.6. The van der Waals surface area contributed by atoms with E-state index in [1.54, 1.807) is 0 Å². The van der Waals surface area contributed by atoms with E-state index in [1.807, 2.05) is 47.4 Å². The van der Waals surface area contributed by atoms with Crippen LogP contribution in [0.4, 0.5) is 11.4 Å². The summed E-state index contributed by atoms with van der Waals surface area (Å²) in [6.07, 6.45) is 1.20. The highest BCUT2D eigenvalue weighted by atomic mass is 35.5. The smallest absolute Gasteiger partial charge is 0.223 e. The third kappa shape index (κ3) is 4.26. The third-order valence-corrected chi connectivity index (χ3v) is 5.04. The number of para-hydroxylation sites is 1. The molecule has 3 rings (SSSR count). The lowest BCUT2D eigenvalue weighted by molar-refractivity contribution is -0.131. The Bertz CT molecular complexity index is 754. The van der Waals surface area contributed by atoms with Crippen LogP contribution in [0.15, 0.2) is 42.5 Å². The SMILES string of the molecule is Cc1ccc(Cl)cc1N1CCN(C(=O)CCc2ccccc2N)CC1. The van der Waals surface area contributed by atoms with Crippen LogP contribution in [-0.4, -0.2) is 37.0 Å². The molecular formula is C20H24ClN3O. The van der Waals surface area contributed by atoms with Crippen LogP contribution >= 0.6 is 11.6 Å². The van der Waals surface area contributed by atoms with Gasteiger partial charge in [-0.25, -0.2) is 0 Å². The van der Waals surface area contributed by atoms with Crippen LogP contribution in [0.3, 0.4) is 0 Å².